The zero-order valence-electron chi connectivity index (χ0n) is 10.0. The largest absolute Gasteiger partial charge is 0.355 e. The molecule has 1 aliphatic heterocycles. The SMILES string of the molecule is CNC(=O)c1ccccc1C1CCNCC1.Cl. The molecule has 0 saturated carbocycles. The van der Waals surface area contributed by atoms with E-state index in [1.54, 1.807) is 7.05 Å². The van der Waals surface area contributed by atoms with Gasteiger partial charge in [0, 0.05) is 12.6 Å². The Labute approximate surface area is 108 Å². The molecule has 2 rings (SSSR count). The quantitative estimate of drug-likeness (QED) is 0.847. The number of hydrogen-bond donors (Lipinski definition) is 2. The molecule has 1 amide bonds. The highest BCUT2D eigenvalue weighted by atomic mass is 35.5. The van der Waals surface area contributed by atoms with E-state index >= 15 is 0 Å². The van der Waals surface area contributed by atoms with Crippen LogP contribution in [0.5, 0.6) is 0 Å². The summed E-state index contributed by atoms with van der Waals surface area (Å²) in [7, 11) is 1.68. The van der Waals surface area contributed by atoms with Crippen molar-refractivity contribution in [2.45, 2.75) is 18.8 Å². The van der Waals surface area contributed by atoms with Gasteiger partial charge in [-0.2, -0.15) is 0 Å². The van der Waals surface area contributed by atoms with Crippen LogP contribution in [0.3, 0.4) is 0 Å². The third-order valence-corrected chi connectivity index (χ3v) is 3.21. The van der Waals surface area contributed by atoms with E-state index in [0.29, 0.717) is 5.92 Å². The van der Waals surface area contributed by atoms with Gasteiger partial charge in [0.2, 0.25) is 0 Å². The van der Waals surface area contributed by atoms with Crippen molar-refractivity contribution in [3.8, 4) is 0 Å². The van der Waals surface area contributed by atoms with Gasteiger partial charge in [-0.1, -0.05) is 18.2 Å². The average Bonchev–Trinajstić information content (AvgIpc) is 2.39. The van der Waals surface area contributed by atoms with E-state index in [4.69, 9.17) is 0 Å². The van der Waals surface area contributed by atoms with Gasteiger partial charge in [-0.05, 0) is 43.5 Å². The van der Waals surface area contributed by atoms with Crippen LogP contribution in [-0.4, -0.2) is 26.0 Å². The fourth-order valence-electron chi connectivity index (χ4n) is 2.33. The Balaban J connectivity index is 0.00000144. The lowest BCUT2D eigenvalue weighted by molar-refractivity contribution is 0.0961. The lowest BCUT2D eigenvalue weighted by Crippen LogP contribution is -2.28. The van der Waals surface area contributed by atoms with Crippen molar-refractivity contribution in [3.63, 3.8) is 0 Å². The summed E-state index contributed by atoms with van der Waals surface area (Å²) in [5.74, 6) is 0.545. The molecule has 4 heteroatoms. The Bertz CT molecular complexity index is 375. The first-order chi connectivity index (χ1) is 7.83. The second-order valence-corrected chi connectivity index (χ2v) is 4.19. The van der Waals surface area contributed by atoms with Crippen molar-refractivity contribution < 1.29 is 4.79 Å². The summed E-state index contributed by atoms with van der Waals surface area (Å²) < 4.78 is 0. The molecule has 1 saturated heterocycles. The molecule has 1 fully saturated rings. The fraction of sp³-hybridized carbons (Fsp3) is 0.462. The van der Waals surface area contributed by atoms with Crippen LogP contribution in [0.1, 0.15) is 34.7 Å². The molecule has 1 aliphatic rings. The number of carbonyl (C=O) groups is 1. The summed E-state index contributed by atoms with van der Waals surface area (Å²) in [6, 6.07) is 7.94. The summed E-state index contributed by atoms with van der Waals surface area (Å²) in [6.45, 7) is 2.10. The van der Waals surface area contributed by atoms with Crippen LogP contribution in [0, 0.1) is 0 Å². The topological polar surface area (TPSA) is 41.1 Å². The predicted octanol–water partition coefficient (Wildman–Crippen LogP) is 1.94. The molecule has 0 atom stereocenters. The minimum absolute atomic E-state index is 0. The molecule has 0 bridgehead atoms. The lowest BCUT2D eigenvalue weighted by Gasteiger charge is -2.24. The standard InChI is InChI=1S/C13H18N2O.ClH/c1-14-13(16)12-5-3-2-4-11(12)10-6-8-15-9-7-10;/h2-5,10,15H,6-9H2,1H3,(H,14,16);1H. The molecule has 2 N–H and O–H groups in total. The van der Waals surface area contributed by atoms with E-state index in [2.05, 4.69) is 16.7 Å². The van der Waals surface area contributed by atoms with Gasteiger partial charge >= 0.3 is 0 Å². The summed E-state index contributed by atoms with van der Waals surface area (Å²) in [4.78, 5) is 11.8. The Morgan fingerprint density at radius 1 is 1.29 bits per heavy atom. The number of carbonyl (C=O) groups excluding carboxylic acids is 1. The Morgan fingerprint density at radius 2 is 1.94 bits per heavy atom. The Hall–Kier alpha value is -1.06. The lowest BCUT2D eigenvalue weighted by atomic mass is 9.87. The number of rotatable bonds is 2. The number of nitrogens with one attached hydrogen (secondary N) is 2. The van der Waals surface area contributed by atoms with Crippen molar-refractivity contribution in [3.05, 3.63) is 35.4 Å². The maximum Gasteiger partial charge on any atom is 0.251 e. The third kappa shape index (κ3) is 3.20. The smallest absolute Gasteiger partial charge is 0.251 e. The van der Waals surface area contributed by atoms with Crippen LogP contribution in [0.2, 0.25) is 0 Å². The summed E-state index contributed by atoms with van der Waals surface area (Å²) in [5.41, 5.74) is 2.03. The van der Waals surface area contributed by atoms with Crippen LogP contribution < -0.4 is 10.6 Å². The minimum Gasteiger partial charge on any atom is -0.355 e. The summed E-state index contributed by atoms with van der Waals surface area (Å²) in [6.07, 6.45) is 2.24. The van der Waals surface area contributed by atoms with E-state index in [-0.39, 0.29) is 18.3 Å². The molecule has 1 aromatic carbocycles. The van der Waals surface area contributed by atoms with Crippen LogP contribution >= 0.6 is 12.4 Å². The first-order valence-corrected chi connectivity index (χ1v) is 5.84. The van der Waals surface area contributed by atoms with Crippen LogP contribution in [0.4, 0.5) is 0 Å². The number of hydrogen-bond acceptors (Lipinski definition) is 2. The summed E-state index contributed by atoms with van der Waals surface area (Å²) >= 11 is 0. The molecule has 3 nitrogen and oxygen atoms in total. The first-order valence-electron chi connectivity index (χ1n) is 5.84. The van der Waals surface area contributed by atoms with E-state index in [1.165, 1.54) is 5.56 Å². The van der Waals surface area contributed by atoms with Gasteiger partial charge < -0.3 is 10.6 Å². The molecule has 17 heavy (non-hydrogen) atoms. The Morgan fingerprint density at radius 3 is 2.59 bits per heavy atom. The van der Waals surface area contributed by atoms with E-state index < -0.39 is 0 Å². The van der Waals surface area contributed by atoms with Gasteiger partial charge in [-0.3, -0.25) is 4.79 Å². The zero-order chi connectivity index (χ0) is 11.4. The predicted molar refractivity (Wildman–Crippen MR) is 71.9 cm³/mol. The van der Waals surface area contributed by atoms with Crippen molar-refractivity contribution >= 4 is 18.3 Å². The molecule has 1 heterocycles. The average molecular weight is 255 g/mol. The number of halogens is 1. The molecular weight excluding hydrogens is 236 g/mol. The highest BCUT2D eigenvalue weighted by Crippen LogP contribution is 2.27. The Kier molecular flexibility index (Phi) is 5.45. The molecule has 0 aromatic heterocycles. The molecular formula is C13H19ClN2O. The van der Waals surface area contributed by atoms with E-state index in [1.807, 2.05) is 18.2 Å². The van der Waals surface area contributed by atoms with Gasteiger partial charge in [0.1, 0.15) is 0 Å². The van der Waals surface area contributed by atoms with Gasteiger partial charge in [-0.25, -0.2) is 0 Å². The third-order valence-electron chi connectivity index (χ3n) is 3.21. The fourth-order valence-corrected chi connectivity index (χ4v) is 2.33. The van der Waals surface area contributed by atoms with Crippen molar-refractivity contribution in [2.75, 3.05) is 20.1 Å². The number of piperidine rings is 1. The molecule has 0 radical (unpaired) electrons. The molecule has 0 spiro atoms. The maximum absolute atomic E-state index is 11.8. The van der Waals surface area contributed by atoms with Gasteiger partial charge in [0.05, 0.1) is 0 Å². The van der Waals surface area contributed by atoms with E-state index in [0.717, 1.165) is 31.5 Å². The normalized spacial score (nSPS) is 16.1. The van der Waals surface area contributed by atoms with Gasteiger partial charge in [0.25, 0.3) is 5.91 Å². The van der Waals surface area contributed by atoms with Crippen LogP contribution in [0.15, 0.2) is 24.3 Å². The van der Waals surface area contributed by atoms with Gasteiger partial charge in [-0.15, -0.1) is 12.4 Å². The maximum atomic E-state index is 11.8. The summed E-state index contributed by atoms with van der Waals surface area (Å²) in [5, 5.41) is 6.05. The van der Waals surface area contributed by atoms with Crippen molar-refractivity contribution in [2.24, 2.45) is 0 Å². The second-order valence-electron chi connectivity index (χ2n) is 4.19. The molecule has 1 aromatic rings. The highest BCUT2D eigenvalue weighted by molar-refractivity contribution is 5.95. The molecule has 94 valence electrons. The number of amides is 1. The molecule has 0 unspecified atom stereocenters. The van der Waals surface area contributed by atoms with Gasteiger partial charge in [0.15, 0.2) is 0 Å². The minimum atomic E-state index is 0. The second kappa shape index (κ2) is 6.62. The van der Waals surface area contributed by atoms with E-state index in [9.17, 15) is 4.79 Å². The van der Waals surface area contributed by atoms with Crippen LogP contribution in [-0.2, 0) is 0 Å². The van der Waals surface area contributed by atoms with Crippen molar-refractivity contribution in [1.82, 2.24) is 10.6 Å². The number of benzene rings is 1. The highest BCUT2D eigenvalue weighted by Gasteiger charge is 2.20. The zero-order valence-corrected chi connectivity index (χ0v) is 10.8. The first kappa shape index (κ1) is 14.0. The van der Waals surface area contributed by atoms with Crippen molar-refractivity contribution in [1.29, 1.82) is 0 Å². The monoisotopic (exact) mass is 254 g/mol. The molecule has 0 aliphatic carbocycles. The van der Waals surface area contributed by atoms with Crippen LogP contribution in [0.25, 0.3) is 0 Å².